The molecule has 3 aromatic rings. The first-order valence-electron chi connectivity index (χ1n) is 7.35. The van der Waals surface area contributed by atoms with Crippen LogP contribution < -0.4 is 5.32 Å². The van der Waals surface area contributed by atoms with E-state index in [2.05, 4.69) is 32.3 Å². The first-order valence-corrected chi connectivity index (χ1v) is 8.96. The van der Waals surface area contributed by atoms with E-state index in [9.17, 15) is 4.79 Å². The zero-order chi connectivity index (χ0) is 17.6. The van der Waals surface area contributed by atoms with E-state index in [1.807, 2.05) is 36.4 Å². The van der Waals surface area contributed by atoms with Crippen LogP contribution in [0.25, 0.3) is 11.6 Å². The summed E-state index contributed by atoms with van der Waals surface area (Å²) >= 11 is 4.68. The van der Waals surface area contributed by atoms with Gasteiger partial charge in [-0.25, -0.2) is 4.98 Å². The second-order valence-electron chi connectivity index (χ2n) is 5.08. The van der Waals surface area contributed by atoms with Crippen LogP contribution in [-0.2, 0) is 4.79 Å². The fourth-order valence-corrected chi connectivity index (χ4v) is 3.30. The Morgan fingerprint density at radius 2 is 1.88 bits per heavy atom. The minimum atomic E-state index is -0.254. The normalized spacial score (nSPS) is 11.0. The van der Waals surface area contributed by atoms with E-state index in [0.717, 1.165) is 14.9 Å². The second-order valence-corrected chi connectivity index (χ2v) is 7.49. The molecule has 1 aromatic heterocycles. The van der Waals surface area contributed by atoms with Crippen molar-refractivity contribution in [3.05, 3.63) is 81.3 Å². The summed E-state index contributed by atoms with van der Waals surface area (Å²) in [7, 11) is 0. The molecule has 1 N–H and O–H groups in total. The molecule has 0 fully saturated rings. The average molecular weight is 410 g/mol. The van der Waals surface area contributed by atoms with E-state index >= 15 is 0 Å². The minimum Gasteiger partial charge on any atom is -0.298 e. The Morgan fingerprint density at radius 3 is 2.48 bits per heavy atom. The van der Waals surface area contributed by atoms with Gasteiger partial charge in [0.05, 0.1) is 21.6 Å². The molecule has 0 atom stereocenters. The van der Waals surface area contributed by atoms with Gasteiger partial charge in [-0.3, -0.25) is 10.1 Å². The SMILES string of the molecule is N#Cc1ccc(/C(=C/c2ccccc2)C(=O)Nc2ncc(Br)s2)cc1. The molecule has 25 heavy (non-hydrogen) atoms. The molecule has 122 valence electrons. The summed E-state index contributed by atoms with van der Waals surface area (Å²) in [5.41, 5.74) is 2.70. The molecule has 0 spiro atoms. The Hall–Kier alpha value is -2.75. The molecular formula is C19H12BrN3OS. The fourth-order valence-electron chi connectivity index (χ4n) is 2.20. The number of thiazole rings is 1. The number of aromatic nitrogens is 1. The summed E-state index contributed by atoms with van der Waals surface area (Å²) in [6, 6.07) is 18.6. The number of halogens is 1. The molecule has 0 aliphatic heterocycles. The Kier molecular flexibility index (Phi) is 5.39. The van der Waals surface area contributed by atoms with Gasteiger partial charge < -0.3 is 0 Å². The van der Waals surface area contributed by atoms with Gasteiger partial charge in [-0.15, -0.1) is 0 Å². The summed E-state index contributed by atoms with van der Waals surface area (Å²) in [5, 5.41) is 12.3. The Bertz CT molecular complexity index is 956. The van der Waals surface area contributed by atoms with Gasteiger partial charge in [0.2, 0.25) is 0 Å². The van der Waals surface area contributed by atoms with Gasteiger partial charge in [-0.1, -0.05) is 53.8 Å². The zero-order valence-corrected chi connectivity index (χ0v) is 15.3. The molecule has 0 bridgehead atoms. The second kappa shape index (κ2) is 7.88. The summed E-state index contributed by atoms with van der Waals surface area (Å²) in [5.74, 6) is -0.254. The number of benzene rings is 2. The van der Waals surface area contributed by atoms with E-state index in [0.29, 0.717) is 16.3 Å². The molecule has 3 rings (SSSR count). The summed E-state index contributed by atoms with van der Waals surface area (Å²) < 4.78 is 0.842. The summed E-state index contributed by atoms with van der Waals surface area (Å²) in [4.78, 5) is 16.9. The van der Waals surface area contributed by atoms with Crippen molar-refractivity contribution in [2.75, 3.05) is 5.32 Å². The molecule has 0 saturated carbocycles. The average Bonchev–Trinajstić information content (AvgIpc) is 3.05. The Balaban J connectivity index is 1.97. The molecule has 1 amide bonds. The highest BCUT2D eigenvalue weighted by Gasteiger charge is 2.14. The maximum absolute atomic E-state index is 12.8. The predicted octanol–water partition coefficient (Wildman–Crippen LogP) is 4.96. The molecular weight excluding hydrogens is 398 g/mol. The van der Waals surface area contributed by atoms with Gasteiger partial charge in [0, 0.05) is 5.57 Å². The van der Waals surface area contributed by atoms with E-state index in [1.54, 1.807) is 30.5 Å². The van der Waals surface area contributed by atoms with Gasteiger partial charge >= 0.3 is 0 Å². The number of nitrogens with zero attached hydrogens (tertiary/aromatic N) is 2. The van der Waals surface area contributed by atoms with Crippen molar-refractivity contribution in [2.45, 2.75) is 0 Å². The van der Waals surface area contributed by atoms with Crippen LogP contribution in [0.1, 0.15) is 16.7 Å². The van der Waals surface area contributed by atoms with E-state index in [-0.39, 0.29) is 5.91 Å². The first kappa shape index (κ1) is 17.1. The van der Waals surface area contributed by atoms with Crippen molar-refractivity contribution in [2.24, 2.45) is 0 Å². The minimum absolute atomic E-state index is 0.254. The number of hydrogen-bond donors (Lipinski definition) is 1. The number of rotatable bonds is 4. The van der Waals surface area contributed by atoms with Crippen LogP contribution in [0.15, 0.2) is 64.6 Å². The van der Waals surface area contributed by atoms with Gasteiger partial charge in [0.15, 0.2) is 5.13 Å². The maximum Gasteiger partial charge on any atom is 0.258 e. The lowest BCUT2D eigenvalue weighted by Crippen LogP contribution is -2.13. The number of nitrogens with one attached hydrogen (secondary N) is 1. The van der Waals surface area contributed by atoms with Crippen LogP contribution in [0.3, 0.4) is 0 Å². The van der Waals surface area contributed by atoms with Gasteiger partial charge in [-0.05, 0) is 45.3 Å². The van der Waals surface area contributed by atoms with E-state index in [4.69, 9.17) is 5.26 Å². The predicted molar refractivity (Wildman–Crippen MR) is 104 cm³/mol. The number of amides is 1. The van der Waals surface area contributed by atoms with E-state index in [1.165, 1.54) is 11.3 Å². The Labute approximate surface area is 157 Å². The van der Waals surface area contributed by atoms with Crippen LogP contribution in [0, 0.1) is 11.3 Å². The number of carbonyl (C=O) groups excluding carboxylic acids is 1. The lowest BCUT2D eigenvalue weighted by atomic mass is 10.0. The van der Waals surface area contributed by atoms with Crippen LogP contribution in [-0.4, -0.2) is 10.9 Å². The van der Waals surface area contributed by atoms with Crippen LogP contribution in [0.2, 0.25) is 0 Å². The third kappa shape index (κ3) is 4.41. The lowest BCUT2D eigenvalue weighted by molar-refractivity contribution is -0.111. The smallest absolute Gasteiger partial charge is 0.258 e. The lowest BCUT2D eigenvalue weighted by Gasteiger charge is -2.08. The standard InChI is InChI=1S/C19H12BrN3OS/c20-17-12-22-19(25-17)23-18(24)16(10-13-4-2-1-3-5-13)15-8-6-14(11-21)7-9-15/h1-10,12H,(H,22,23,24)/b16-10-. The number of anilines is 1. The fraction of sp³-hybridized carbons (Fsp3) is 0. The molecule has 0 radical (unpaired) electrons. The molecule has 6 heteroatoms. The van der Waals surface area contributed by atoms with Crippen molar-refractivity contribution >= 4 is 50.0 Å². The highest BCUT2D eigenvalue weighted by Crippen LogP contribution is 2.26. The van der Waals surface area contributed by atoms with Crippen molar-refractivity contribution in [3.8, 4) is 6.07 Å². The Morgan fingerprint density at radius 1 is 1.16 bits per heavy atom. The molecule has 4 nitrogen and oxygen atoms in total. The third-order valence-corrected chi connectivity index (χ3v) is 4.77. The molecule has 0 unspecified atom stereocenters. The monoisotopic (exact) mass is 409 g/mol. The quantitative estimate of drug-likeness (QED) is 0.489. The summed E-state index contributed by atoms with van der Waals surface area (Å²) in [6.45, 7) is 0. The summed E-state index contributed by atoms with van der Waals surface area (Å²) in [6.07, 6.45) is 3.46. The molecule has 1 heterocycles. The zero-order valence-electron chi connectivity index (χ0n) is 12.9. The third-order valence-electron chi connectivity index (χ3n) is 3.38. The van der Waals surface area contributed by atoms with Crippen LogP contribution >= 0.6 is 27.3 Å². The largest absolute Gasteiger partial charge is 0.298 e. The van der Waals surface area contributed by atoms with Crippen molar-refractivity contribution in [3.63, 3.8) is 0 Å². The van der Waals surface area contributed by atoms with Crippen molar-refractivity contribution in [1.29, 1.82) is 5.26 Å². The number of carbonyl (C=O) groups is 1. The highest BCUT2D eigenvalue weighted by molar-refractivity contribution is 9.11. The van der Waals surface area contributed by atoms with Gasteiger partial charge in [-0.2, -0.15) is 5.26 Å². The van der Waals surface area contributed by atoms with Crippen LogP contribution in [0.4, 0.5) is 5.13 Å². The van der Waals surface area contributed by atoms with Crippen molar-refractivity contribution in [1.82, 2.24) is 4.98 Å². The molecule has 0 aliphatic rings. The highest BCUT2D eigenvalue weighted by atomic mass is 79.9. The molecule has 0 saturated heterocycles. The first-order chi connectivity index (χ1) is 12.2. The van der Waals surface area contributed by atoms with Crippen LogP contribution in [0.5, 0.6) is 0 Å². The van der Waals surface area contributed by atoms with Gasteiger partial charge in [0.25, 0.3) is 5.91 Å². The van der Waals surface area contributed by atoms with E-state index < -0.39 is 0 Å². The van der Waals surface area contributed by atoms with Crippen molar-refractivity contribution < 1.29 is 4.79 Å². The topological polar surface area (TPSA) is 65.8 Å². The maximum atomic E-state index is 12.8. The molecule has 0 aliphatic carbocycles. The van der Waals surface area contributed by atoms with Gasteiger partial charge in [0.1, 0.15) is 0 Å². The number of nitriles is 1. The molecule has 2 aromatic carbocycles. The number of hydrogen-bond acceptors (Lipinski definition) is 4.